The van der Waals surface area contributed by atoms with E-state index in [1.165, 1.54) is 4.52 Å². The molecule has 0 unspecified atom stereocenters. The SMILES string of the molecule is O=C(NCc1ccccc1)c1nn2cc(Br)cnc2c1Cl. The maximum Gasteiger partial charge on any atom is 0.273 e. The fourth-order valence-corrected chi connectivity index (χ4v) is 2.45. The van der Waals surface area contributed by atoms with Crippen molar-refractivity contribution in [1.29, 1.82) is 0 Å². The number of benzene rings is 1. The lowest BCUT2D eigenvalue weighted by Crippen LogP contribution is -2.23. The van der Waals surface area contributed by atoms with Crippen molar-refractivity contribution in [3.8, 4) is 0 Å². The van der Waals surface area contributed by atoms with Crippen LogP contribution in [0.25, 0.3) is 5.65 Å². The summed E-state index contributed by atoms with van der Waals surface area (Å²) in [4.78, 5) is 16.3. The standard InChI is InChI=1S/C14H10BrClN4O/c15-10-7-17-13-11(16)12(19-20(13)8-10)14(21)18-6-9-4-2-1-3-5-9/h1-5,7-8H,6H2,(H,18,21). The van der Waals surface area contributed by atoms with Crippen LogP contribution in [0.1, 0.15) is 16.1 Å². The highest BCUT2D eigenvalue weighted by atomic mass is 79.9. The molecule has 106 valence electrons. The Labute approximate surface area is 134 Å². The number of halogens is 2. The Hall–Kier alpha value is -1.92. The summed E-state index contributed by atoms with van der Waals surface area (Å²) < 4.78 is 2.23. The Morgan fingerprint density at radius 1 is 1.33 bits per heavy atom. The zero-order chi connectivity index (χ0) is 14.8. The molecule has 1 amide bonds. The molecule has 0 saturated carbocycles. The molecule has 2 aromatic heterocycles. The molecule has 0 spiro atoms. The summed E-state index contributed by atoms with van der Waals surface area (Å²) in [6.07, 6.45) is 3.30. The molecule has 0 bridgehead atoms. The van der Waals surface area contributed by atoms with Crippen LogP contribution in [0.4, 0.5) is 0 Å². The van der Waals surface area contributed by atoms with Gasteiger partial charge in [0.15, 0.2) is 11.3 Å². The Morgan fingerprint density at radius 2 is 2.10 bits per heavy atom. The number of aromatic nitrogens is 3. The molecular formula is C14H10BrClN4O. The van der Waals surface area contributed by atoms with Crippen molar-refractivity contribution in [1.82, 2.24) is 19.9 Å². The van der Waals surface area contributed by atoms with Crippen molar-refractivity contribution < 1.29 is 4.79 Å². The van der Waals surface area contributed by atoms with E-state index >= 15 is 0 Å². The van der Waals surface area contributed by atoms with Gasteiger partial charge in [-0.15, -0.1) is 0 Å². The quantitative estimate of drug-likeness (QED) is 0.776. The highest BCUT2D eigenvalue weighted by Gasteiger charge is 2.18. The molecule has 0 radical (unpaired) electrons. The van der Waals surface area contributed by atoms with Crippen LogP contribution in [-0.4, -0.2) is 20.5 Å². The number of carbonyl (C=O) groups is 1. The molecule has 3 rings (SSSR count). The molecule has 1 aromatic carbocycles. The monoisotopic (exact) mass is 364 g/mol. The predicted molar refractivity (Wildman–Crippen MR) is 83.3 cm³/mol. The van der Waals surface area contributed by atoms with Crippen LogP contribution >= 0.6 is 27.5 Å². The first-order chi connectivity index (χ1) is 10.1. The van der Waals surface area contributed by atoms with Gasteiger partial charge in [-0.2, -0.15) is 5.10 Å². The van der Waals surface area contributed by atoms with Gasteiger partial charge in [0.25, 0.3) is 5.91 Å². The minimum Gasteiger partial charge on any atom is -0.347 e. The second-order valence-corrected chi connectivity index (χ2v) is 5.66. The van der Waals surface area contributed by atoms with Crippen LogP contribution < -0.4 is 5.32 Å². The highest BCUT2D eigenvalue weighted by Crippen LogP contribution is 2.21. The molecule has 5 nitrogen and oxygen atoms in total. The summed E-state index contributed by atoms with van der Waals surface area (Å²) in [5, 5.41) is 7.20. The maximum atomic E-state index is 12.2. The molecule has 0 fully saturated rings. The van der Waals surface area contributed by atoms with Gasteiger partial charge in [0.2, 0.25) is 0 Å². The molecule has 3 aromatic rings. The van der Waals surface area contributed by atoms with E-state index in [1.807, 2.05) is 30.3 Å². The highest BCUT2D eigenvalue weighted by molar-refractivity contribution is 9.10. The number of carbonyl (C=O) groups excluding carboxylic acids is 1. The van der Waals surface area contributed by atoms with Crippen molar-refractivity contribution in [3.63, 3.8) is 0 Å². The van der Waals surface area contributed by atoms with E-state index in [2.05, 4.69) is 31.3 Å². The average molecular weight is 366 g/mol. The number of amides is 1. The molecule has 0 saturated heterocycles. The third-order valence-electron chi connectivity index (χ3n) is 2.90. The van der Waals surface area contributed by atoms with Crippen LogP contribution in [0.2, 0.25) is 5.02 Å². The maximum absolute atomic E-state index is 12.2. The van der Waals surface area contributed by atoms with Gasteiger partial charge in [0.05, 0.1) is 4.47 Å². The number of nitrogens with zero attached hydrogens (tertiary/aromatic N) is 3. The first-order valence-corrected chi connectivity index (χ1v) is 7.34. The fourth-order valence-electron chi connectivity index (χ4n) is 1.89. The third kappa shape index (κ3) is 2.91. The second-order valence-electron chi connectivity index (χ2n) is 4.37. The van der Waals surface area contributed by atoms with Crippen LogP contribution in [-0.2, 0) is 6.54 Å². The van der Waals surface area contributed by atoms with Crippen molar-refractivity contribution in [2.24, 2.45) is 0 Å². The van der Waals surface area contributed by atoms with E-state index in [0.29, 0.717) is 12.2 Å². The largest absolute Gasteiger partial charge is 0.347 e. The topological polar surface area (TPSA) is 59.3 Å². The van der Waals surface area contributed by atoms with E-state index in [9.17, 15) is 4.79 Å². The fraction of sp³-hybridized carbons (Fsp3) is 0.0714. The molecule has 0 aliphatic rings. The first-order valence-electron chi connectivity index (χ1n) is 6.16. The third-order valence-corrected chi connectivity index (χ3v) is 3.65. The van der Waals surface area contributed by atoms with E-state index in [-0.39, 0.29) is 16.6 Å². The van der Waals surface area contributed by atoms with Gasteiger partial charge in [0, 0.05) is 18.9 Å². The zero-order valence-electron chi connectivity index (χ0n) is 10.8. The molecule has 0 aliphatic heterocycles. The first kappa shape index (κ1) is 14.0. The van der Waals surface area contributed by atoms with Gasteiger partial charge in [-0.3, -0.25) is 4.79 Å². The molecule has 2 heterocycles. The summed E-state index contributed by atoms with van der Waals surface area (Å²) in [5.41, 5.74) is 1.62. The van der Waals surface area contributed by atoms with Crippen LogP contribution in [0.5, 0.6) is 0 Å². The molecule has 0 aliphatic carbocycles. The number of hydrogen-bond donors (Lipinski definition) is 1. The lowest BCUT2D eigenvalue weighted by Gasteiger charge is -2.03. The number of fused-ring (bicyclic) bond motifs is 1. The smallest absolute Gasteiger partial charge is 0.273 e. The lowest BCUT2D eigenvalue weighted by atomic mass is 10.2. The van der Waals surface area contributed by atoms with Gasteiger partial charge in [-0.1, -0.05) is 41.9 Å². The van der Waals surface area contributed by atoms with Crippen molar-refractivity contribution in [2.45, 2.75) is 6.54 Å². The summed E-state index contributed by atoms with van der Waals surface area (Å²) in [6.45, 7) is 0.418. The summed E-state index contributed by atoms with van der Waals surface area (Å²) in [5.74, 6) is -0.328. The number of nitrogens with one attached hydrogen (secondary N) is 1. The second kappa shape index (κ2) is 5.83. The van der Waals surface area contributed by atoms with Gasteiger partial charge in [0.1, 0.15) is 5.02 Å². The minimum atomic E-state index is -0.328. The van der Waals surface area contributed by atoms with Gasteiger partial charge >= 0.3 is 0 Å². The number of hydrogen-bond acceptors (Lipinski definition) is 3. The molecular weight excluding hydrogens is 356 g/mol. The van der Waals surface area contributed by atoms with Crippen molar-refractivity contribution in [3.05, 3.63) is 63.5 Å². The van der Waals surface area contributed by atoms with Crippen molar-refractivity contribution in [2.75, 3.05) is 0 Å². The van der Waals surface area contributed by atoms with Gasteiger partial charge < -0.3 is 5.32 Å². The van der Waals surface area contributed by atoms with E-state index < -0.39 is 0 Å². The van der Waals surface area contributed by atoms with Crippen LogP contribution in [0, 0.1) is 0 Å². The molecule has 7 heteroatoms. The Kier molecular flexibility index (Phi) is 3.90. The van der Waals surface area contributed by atoms with Crippen molar-refractivity contribution >= 4 is 39.1 Å². The lowest BCUT2D eigenvalue weighted by molar-refractivity contribution is 0.0945. The van der Waals surface area contributed by atoms with Gasteiger partial charge in [-0.05, 0) is 21.5 Å². The van der Waals surface area contributed by atoms with E-state index in [0.717, 1.165) is 10.0 Å². The summed E-state index contributed by atoms with van der Waals surface area (Å²) in [7, 11) is 0. The molecule has 0 atom stereocenters. The van der Waals surface area contributed by atoms with Crippen LogP contribution in [0.3, 0.4) is 0 Å². The van der Waals surface area contributed by atoms with E-state index in [4.69, 9.17) is 11.6 Å². The normalized spacial score (nSPS) is 10.8. The Morgan fingerprint density at radius 3 is 2.86 bits per heavy atom. The van der Waals surface area contributed by atoms with Gasteiger partial charge in [-0.25, -0.2) is 9.50 Å². The molecule has 1 N–H and O–H groups in total. The van der Waals surface area contributed by atoms with Crippen LogP contribution in [0.15, 0.2) is 47.2 Å². The summed E-state index contributed by atoms with van der Waals surface area (Å²) >= 11 is 9.46. The molecule has 21 heavy (non-hydrogen) atoms. The van der Waals surface area contributed by atoms with E-state index in [1.54, 1.807) is 12.4 Å². The predicted octanol–water partition coefficient (Wildman–Crippen LogP) is 3.08. The zero-order valence-corrected chi connectivity index (χ0v) is 13.1. The average Bonchev–Trinajstić information content (AvgIpc) is 2.82. The number of rotatable bonds is 3. The summed E-state index contributed by atoms with van der Waals surface area (Å²) in [6, 6.07) is 9.63. The Balaban J connectivity index is 1.83. The minimum absolute atomic E-state index is 0.165. The Bertz CT molecular complexity index is 803.